The van der Waals surface area contributed by atoms with Gasteiger partial charge >= 0.3 is 17.9 Å². The average Bonchev–Trinajstić information content (AvgIpc) is 4.26. The summed E-state index contributed by atoms with van der Waals surface area (Å²) in [6.07, 6.45) is 64.0. The molecule has 12 heteroatoms. The number of ether oxygens (including phenoxy) is 3. The minimum atomic E-state index is -1.12. The quantitative estimate of drug-likeness (QED) is 0.0252. The van der Waals surface area contributed by atoms with Gasteiger partial charge < -0.3 is 28.9 Å². The van der Waals surface area contributed by atoms with Crippen LogP contribution in [-0.4, -0.2) is 109 Å². The van der Waals surface area contributed by atoms with Gasteiger partial charge in [-0.3, -0.25) is 28.8 Å². The minimum Gasteiger partial charge on any atom is -0.461 e. The lowest BCUT2D eigenvalue weighted by atomic mass is 10.1. The maximum Gasteiger partial charge on any atom is 0.311 e. The summed E-state index contributed by atoms with van der Waals surface area (Å²) >= 11 is 0. The van der Waals surface area contributed by atoms with E-state index in [9.17, 15) is 28.8 Å². The molecule has 3 fully saturated rings. The summed E-state index contributed by atoms with van der Waals surface area (Å²) in [5.74, 6) is -3.90. The molecule has 0 N–H and O–H groups in total. The molecule has 0 aromatic carbocycles. The Morgan fingerprint density at radius 2 is 0.571 bits per heavy atom. The number of hydrogen-bond acceptors (Lipinski definition) is 9. The number of rotatable bonds is 56. The predicted octanol–water partition coefficient (Wildman–Crippen LogP) is 17.6. The molecule has 3 amide bonds. The van der Waals surface area contributed by atoms with Crippen LogP contribution in [0.3, 0.4) is 0 Å². The summed E-state index contributed by atoms with van der Waals surface area (Å²) in [4.78, 5) is 85.2. The van der Waals surface area contributed by atoms with Crippen molar-refractivity contribution in [2.75, 3.05) is 52.5 Å². The normalized spacial score (nSPS) is 17.8. The number of nitrogens with zero attached hydrogens (tertiary/aromatic N) is 3. The lowest BCUT2D eigenvalue weighted by Crippen LogP contribution is -2.36. The van der Waals surface area contributed by atoms with Crippen molar-refractivity contribution < 1.29 is 43.0 Å². The molecular weight excluding hydrogens is 1050 g/mol. The summed E-state index contributed by atoms with van der Waals surface area (Å²) in [5, 5.41) is 0. The zero-order valence-corrected chi connectivity index (χ0v) is 54.3. The highest BCUT2D eigenvalue weighted by molar-refractivity contribution is 5.88. The van der Waals surface area contributed by atoms with Crippen LogP contribution < -0.4 is 0 Å². The fourth-order valence-corrected chi connectivity index (χ4v) is 12.1. The van der Waals surface area contributed by atoms with Crippen LogP contribution in [-0.2, 0) is 43.0 Å². The molecular formula is C72H125N3O9. The molecule has 3 heterocycles. The van der Waals surface area contributed by atoms with Crippen molar-refractivity contribution in [3.63, 3.8) is 0 Å². The topological polar surface area (TPSA) is 140 Å². The Kier molecular flexibility index (Phi) is 45.2. The lowest BCUT2D eigenvalue weighted by molar-refractivity contribution is -0.171. The first-order chi connectivity index (χ1) is 41.2. The van der Waals surface area contributed by atoms with E-state index in [0.717, 1.165) is 77.0 Å². The molecule has 482 valence electrons. The third kappa shape index (κ3) is 36.9. The first kappa shape index (κ1) is 74.3. The third-order valence-electron chi connectivity index (χ3n) is 17.6. The molecule has 0 aliphatic carbocycles. The first-order valence-electron chi connectivity index (χ1n) is 35.5. The van der Waals surface area contributed by atoms with Gasteiger partial charge in [-0.05, 0) is 96.3 Å². The van der Waals surface area contributed by atoms with Crippen LogP contribution >= 0.6 is 0 Å². The fraction of sp³-hybridized carbons (Fsp3) is 0.833. The summed E-state index contributed by atoms with van der Waals surface area (Å²) in [6.45, 7) is 8.67. The van der Waals surface area contributed by atoms with E-state index >= 15 is 0 Å². The van der Waals surface area contributed by atoms with Gasteiger partial charge in [-0.1, -0.05) is 231 Å². The molecule has 3 atom stereocenters. The van der Waals surface area contributed by atoms with Gasteiger partial charge in [-0.15, -0.1) is 0 Å². The van der Waals surface area contributed by atoms with Crippen molar-refractivity contribution in [1.82, 2.24) is 14.7 Å². The highest BCUT2D eigenvalue weighted by atomic mass is 16.6. The Balaban J connectivity index is 1.39. The number of hydrogen-bond donors (Lipinski definition) is 0. The zero-order valence-electron chi connectivity index (χ0n) is 54.3. The van der Waals surface area contributed by atoms with Crippen LogP contribution in [0.15, 0.2) is 36.5 Å². The van der Waals surface area contributed by atoms with Gasteiger partial charge in [0.15, 0.2) is 6.10 Å². The van der Waals surface area contributed by atoms with E-state index in [1.165, 1.54) is 193 Å². The van der Waals surface area contributed by atoms with Gasteiger partial charge in [0.2, 0.25) is 17.7 Å². The number of allylic oxidation sites excluding steroid dienone is 6. The molecule has 12 nitrogen and oxygen atoms in total. The first-order valence-corrected chi connectivity index (χ1v) is 35.5. The zero-order chi connectivity index (χ0) is 60.3. The molecule has 3 unspecified atom stereocenters. The molecule has 84 heavy (non-hydrogen) atoms. The van der Waals surface area contributed by atoms with E-state index in [1.807, 2.05) is 0 Å². The third-order valence-corrected chi connectivity index (χ3v) is 17.6. The van der Waals surface area contributed by atoms with E-state index in [1.54, 1.807) is 14.7 Å². The van der Waals surface area contributed by atoms with E-state index in [4.69, 9.17) is 14.2 Å². The van der Waals surface area contributed by atoms with Gasteiger partial charge in [0.05, 0.1) is 17.8 Å². The van der Waals surface area contributed by atoms with Gasteiger partial charge in [0.1, 0.15) is 13.2 Å². The van der Waals surface area contributed by atoms with E-state index < -0.39 is 41.8 Å². The molecule has 0 aromatic rings. The summed E-state index contributed by atoms with van der Waals surface area (Å²) in [5.41, 5.74) is 0. The van der Waals surface area contributed by atoms with Crippen LogP contribution in [0, 0.1) is 17.8 Å². The van der Waals surface area contributed by atoms with E-state index in [-0.39, 0.29) is 69.8 Å². The fourth-order valence-electron chi connectivity index (χ4n) is 12.1. The molecule has 3 saturated heterocycles. The maximum atomic E-state index is 13.7. The van der Waals surface area contributed by atoms with Crippen LogP contribution in [0.5, 0.6) is 0 Å². The Morgan fingerprint density at radius 3 is 0.833 bits per heavy atom. The van der Waals surface area contributed by atoms with Crippen molar-refractivity contribution in [3.05, 3.63) is 36.5 Å². The Bertz CT molecular complexity index is 1730. The summed E-state index contributed by atoms with van der Waals surface area (Å²) < 4.78 is 17.4. The Labute approximate surface area is 513 Å². The molecule has 0 spiro atoms. The lowest BCUT2D eigenvalue weighted by Gasteiger charge is -2.22. The SMILES string of the molecule is CCCCCCCCC=CCCCCCCCCN1CC(C(=O)OCC(COC(=O)C2CC(=O)N(CCCCCCCCC=CCCCCCCCC)C2)OC(=O)C2CC(=O)N(CCCCCCCCC=CCCCCCCCC)C2)CC1=O. The van der Waals surface area contributed by atoms with Crippen molar-refractivity contribution in [2.45, 2.75) is 316 Å². The van der Waals surface area contributed by atoms with Gasteiger partial charge in [-0.25, -0.2) is 0 Å². The summed E-state index contributed by atoms with van der Waals surface area (Å²) in [7, 11) is 0. The monoisotopic (exact) mass is 1180 g/mol. The second-order valence-corrected chi connectivity index (χ2v) is 25.4. The van der Waals surface area contributed by atoms with E-state index in [2.05, 4.69) is 57.2 Å². The van der Waals surface area contributed by atoms with Gasteiger partial charge in [0.25, 0.3) is 0 Å². The second kappa shape index (κ2) is 51.1. The smallest absolute Gasteiger partial charge is 0.311 e. The molecule has 0 aromatic heterocycles. The van der Waals surface area contributed by atoms with Crippen LogP contribution in [0.25, 0.3) is 0 Å². The average molecular weight is 1180 g/mol. The van der Waals surface area contributed by atoms with Crippen molar-refractivity contribution in [2.24, 2.45) is 17.8 Å². The number of unbranched alkanes of at least 4 members (excludes halogenated alkanes) is 36. The molecule has 0 saturated carbocycles. The van der Waals surface area contributed by atoms with Gasteiger partial charge in [0, 0.05) is 58.5 Å². The number of amides is 3. The molecule has 3 aliphatic rings. The second-order valence-electron chi connectivity index (χ2n) is 25.4. The largest absolute Gasteiger partial charge is 0.461 e. The summed E-state index contributed by atoms with van der Waals surface area (Å²) in [6, 6.07) is 0. The standard InChI is InChI=1S/C72H125N3O9/c1-4-7-10-13-16-19-22-25-28-31-34-37-40-43-46-49-52-73-58-63(55-67(73)76)70(79)82-61-66(84-72(81)65-57-69(78)75(60-65)54-51-48-45-42-39-36-33-30-27-24-21-18-15-12-9-6-3)62-83-71(80)64-56-68(77)74(59-64)53-50-47-44-41-38-35-32-29-26-23-20-17-14-11-8-5-2/h25-30,63-66H,4-24,31-62H2,1-3H3. The van der Waals surface area contributed by atoms with Crippen molar-refractivity contribution in [1.29, 1.82) is 0 Å². The molecule has 3 aliphatic heterocycles. The highest BCUT2D eigenvalue weighted by Crippen LogP contribution is 2.25. The maximum absolute atomic E-state index is 13.7. The van der Waals surface area contributed by atoms with Crippen LogP contribution in [0.1, 0.15) is 310 Å². The van der Waals surface area contributed by atoms with Crippen molar-refractivity contribution >= 4 is 35.6 Å². The number of esters is 3. The van der Waals surface area contributed by atoms with Crippen LogP contribution in [0.2, 0.25) is 0 Å². The van der Waals surface area contributed by atoms with Gasteiger partial charge in [-0.2, -0.15) is 0 Å². The molecule has 0 radical (unpaired) electrons. The van der Waals surface area contributed by atoms with Crippen molar-refractivity contribution in [3.8, 4) is 0 Å². The van der Waals surface area contributed by atoms with E-state index in [0.29, 0.717) is 19.6 Å². The molecule has 0 bridgehead atoms. The Hall–Kier alpha value is -3.96. The number of carbonyl (C=O) groups is 6. The highest BCUT2D eigenvalue weighted by Gasteiger charge is 2.39. The minimum absolute atomic E-state index is 0.0333. The number of carbonyl (C=O) groups excluding carboxylic acids is 6. The molecule has 3 rings (SSSR count). The Morgan fingerprint density at radius 1 is 0.345 bits per heavy atom. The number of likely N-dealkylation sites (tertiary alicyclic amines) is 3. The van der Waals surface area contributed by atoms with Crippen LogP contribution in [0.4, 0.5) is 0 Å². The predicted molar refractivity (Wildman–Crippen MR) is 344 cm³/mol.